The van der Waals surface area contributed by atoms with Gasteiger partial charge in [-0.1, -0.05) is 17.7 Å². The molecule has 7 nitrogen and oxygen atoms in total. The number of nitrogens with one attached hydrogen (secondary N) is 1. The molecule has 2 aromatic carbocycles. The zero-order chi connectivity index (χ0) is 22.4. The second-order valence-corrected chi connectivity index (χ2v) is 7.28. The molecule has 1 N–H and O–H groups in total. The molecule has 0 saturated carbocycles. The molecule has 7 heteroatoms. The van der Waals surface area contributed by atoms with Gasteiger partial charge in [-0.25, -0.2) is 0 Å². The second kappa shape index (κ2) is 10.0. The SMILES string of the molecule is COc1cc(CC(=O)N(C)CC(=O)Nc2c(C)cc(C)cc2C)cc(OC)c1OC. The van der Waals surface area contributed by atoms with Gasteiger partial charge in [-0.15, -0.1) is 0 Å². The molecule has 0 radical (unpaired) electrons. The fraction of sp³-hybridized carbons (Fsp3) is 0.391. The van der Waals surface area contributed by atoms with E-state index in [0.29, 0.717) is 22.8 Å². The molecule has 0 atom stereocenters. The minimum atomic E-state index is -0.245. The average molecular weight is 415 g/mol. The highest BCUT2D eigenvalue weighted by Crippen LogP contribution is 2.38. The van der Waals surface area contributed by atoms with Gasteiger partial charge in [0.25, 0.3) is 0 Å². The molecule has 0 aliphatic rings. The maximum absolute atomic E-state index is 12.7. The van der Waals surface area contributed by atoms with E-state index in [1.54, 1.807) is 19.2 Å². The number of carbonyl (C=O) groups is 2. The van der Waals surface area contributed by atoms with E-state index in [9.17, 15) is 9.59 Å². The number of likely N-dealkylation sites (N-methyl/N-ethyl adjacent to an activating group) is 1. The van der Waals surface area contributed by atoms with Crippen molar-refractivity contribution in [3.05, 3.63) is 46.5 Å². The van der Waals surface area contributed by atoms with Crippen LogP contribution in [0.25, 0.3) is 0 Å². The number of aryl methyl sites for hydroxylation is 3. The Kier molecular flexibility index (Phi) is 7.69. The van der Waals surface area contributed by atoms with E-state index < -0.39 is 0 Å². The molecular formula is C23H30N2O5. The van der Waals surface area contributed by atoms with Crippen LogP contribution in [0.4, 0.5) is 5.69 Å². The summed E-state index contributed by atoms with van der Waals surface area (Å²) in [6.45, 7) is 5.88. The predicted octanol–water partition coefficient (Wildman–Crippen LogP) is 3.28. The summed E-state index contributed by atoms with van der Waals surface area (Å²) in [7, 11) is 6.17. The zero-order valence-electron chi connectivity index (χ0n) is 18.7. The van der Waals surface area contributed by atoms with E-state index in [4.69, 9.17) is 14.2 Å². The summed E-state index contributed by atoms with van der Waals surface area (Å²) in [5.74, 6) is 0.978. The lowest BCUT2D eigenvalue weighted by molar-refractivity contribution is -0.132. The van der Waals surface area contributed by atoms with Gasteiger partial charge in [0.2, 0.25) is 17.6 Å². The number of amides is 2. The fourth-order valence-corrected chi connectivity index (χ4v) is 3.41. The van der Waals surface area contributed by atoms with Crippen LogP contribution in [0.5, 0.6) is 17.2 Å². The van der Waals surface area contributed by atoms with Gasteiger partial charge in [0.1, 0.15) is 0 Å². The molecule has 0 saturated heterocycles. The molecule has 0 fully saturated rings. The molecule has 30 heavy (non-hydrogen) atoms. The monoisotopic (exact) mass is 414 g/mol. The second-order valence-electron chi connectivity index (χ2n) is 7.28. The number of anilines is 1. The molecule has 0 aromatic heterocycles. The first-order valence-electron chi connectivity index (χ1n) is 9.60. The third-order valence-electron chi connectivity index (χ3n) is 4.83. The summed E-state index contributed by atoms with van der Waals surface area (Å²) in [6, 6.07) is 7.49. The Morgan fingerprint density at radius 2 is 1.43 bits per heavy atom. The zero-order valence-corrected chi connectivity index (χ0v) is 18.7. The minimum absolute atomic E-state index is 0.0456. The first-order valence-corrected chi connectivity index (χ1v) is 9.60. The van der Waals surface area contributed by atoms with Gasteiger partial charge in [-0.2, -0.15) is 0 Å². The molecule has 2 amide bonds. The fourth-order valence-electron chi connectivity index (χ4n) is 3.41. The Morgan fingerprint density at radius 3 is 1.90 bits per heavy atom. The molecule has 0 aliphatic carbocycles. The van der Waals surface area contributed by atoms with Crippen molar-refractivity contribution in [1.29, 1.82) is 0 Å². The lowest BCUT2D eigenvalue weighted by Crippen LogP contribution is -2.36. The van der Waals surface area contributed by atoms with Crippen molar-refractivity contribution in [3.63, 3.8) is 0 Å². The number of rotatable bonds is 8. The molecule has 0 aliphatic heterocycles. The Morgan fingerprint density at radius 1 is 0.900 bits per heavy atom. The van der Waals surface area contributed by atoms with Gasteiger partial charge in [0.15, 0.2) is 11.5 Å². The summed E-state index contributed by atoms with van der Waals surface area (Å²) < 4.78 is 16.0. The van der Waals surface area contributed by atoms with E-state index >= 15 is 0 Å². The van der Waals surface area contributed by atoms with Gasteiger partial charge >= 0.3 is 0 Å². The summed E-state index contributed by atoms with van der Waals surface area (Å²) >= 11 is 0. The van der Waals surface area contributed by atoms with Crippen molar-refractivity contribution in [2.24, 2.45) is 0 Å². The van der Waals surface area contributed by atoms with E-state index in [1.807, 2.05) is 32.9 Å². The number of ether oxygens (including phenoxy) is 3. The molecule has 0 heterocycles. The molecule has 2 aromatic rings. The number of methoxy groups -OCH3 is 3. The molecule has 162 valence electrons. The molecule has 2 rings (SSSR count). The van der Waals surface area contributed by atoms with Crippen LogP contribution in [0, 0.1) is 20.8 Å². The lowest BCUT2D eigenvalue weighted by atomic mass is 10.1. The van der Waals surface area contributed by atoms with Crippen molar-refractivity contribution in [2.75, 3.05) is 40.2 Å². The van der Waals surface area contributed by atoms with Crippen LogP contribution < -0.4 is 19.5 Å². The van der Waals surface area contributed by atoms with Crippen LogP contribution in [-0.2, 0) is 16.0 Å². The first-order chi connectivity index (χ1) is 14.2. The van der Waals surface area contributed by atoms with Gasteiger partial charge < -0.3 is 24.4 Å². The minimum Gasteiger partial charge on any atom is -0.493 e. The number of nitrogens with zero attached hydrogens (tertiary/aromatic N) is 1. The Hall–Kier alpha value is -3.22. The summed E-state index contributed by atoms with van der Waals surface area (Å²) in [6.07, 6.45) is 0.100. The normalized spacial score (nSPS) is 10.4. The molecule has 0 spiro atoms. The third kappa shape index (κ3) is 5.43. The highest BCUT2D eigenvalue weighted by atomic mass is 16.5. The smallest absolute Gasteiger partial charge is 0.243 e. The van der Waals surface area contributed by atoms with Crippen LogP contribution in [0.15, 0.2) is 24.3 Å². The number of carbonyl (C=O) groups excluding carboxylic acids is 2. The Balaban J connectivity index is 2.07. The van der Waals surface area contributed by atoms with Crippen LogP contribution in [-0.4, -0.2) is 51.6 Å². The molecular weight excluding hydrogens is 384 g/mol. The summed E-state index contributed by atoms with van der Waals surface area (Å²) in [4.78, 5) is 26.6. The van der Waals surface area contributed by atoms with E-state index in [1.165, 1.54) is 26.2 Å². The quantitative estimate of drug-likeness (QED) is 0.717. The average Bonchev–Trinajstić information content (AvgIpc) is 2.69. The van der Waals surface area contributed by atoms with Crippen LogP contribution in [0.2, 0.25) is 0 Å². The lowest BCUT2D eigenvalue weighted by Gasteiger charge is -2.19. The van der Waals surface area contributed by atoms with Crippen molar-refractivity contribution in [1.82, 2.24) is 4.90 Å². The maximum atomic E-state index is 12.7. The van der Waals surface area contributed by atoms with Crippen molar-refractivity contribution >= 4 is 17.5 Å². The standard InChI is InChI=1S/C23H30N2O5/c1-14-8-15(2)22(16(3)9-14)24-20(26)13-25(4)21(27)12-17-10-18(28-5)23(30-7)19(11-17)29-6/h8-11H,12-13H2,1-7H3,(H,24,26). The Labute approximate surface area is 177 Å². The maximum Gasteiger partial charge on any atom is 0.243 e. The summed E-state index contributed by atoms with van der Waals surface area (Å²) in [5.41, 5.74) is 4.61. The first kappa shape index (κ1) is 23.1. The van der Waals surface area contributed by atoms with Gasteiger partial charge in [-0.05, 0) is 49.6 Å². The molecule has 0 unspecified atom stereocenters. The van der Waals surface area contributed by atoms with E-state index in [2.05, 4.69) is 5.32 Å². The van der Waals surface area contributed by atoms with E-state index in [-0.39, 0.29) is 24.8 Å². The van der Waals surface area contributed by atoms with Crippen LogP contribution >= 0.6 is 0 Å². The highest BCUT2D eigenvalue weighted by Gasteiger charge is 2.18. The van der Waals surface area contributed by atoms with Crippen LogP contribution in [0.3, 0.4) is 0 Å². The highest BCUT2D eigenvalue weighted by molar-refractivity contribution is 5.96. The summed E-state index contributed by atoms with van der Waals surface area (Å²) in [5, 5.41) is 2.92. The van der Waals surface area contributed by atoms with Crippen LogP contribution in [0.1, 0.15) is 22.3 Å². The number of hydrogen-bond acceptors (Lipinski definition) is 5. The number of benzene rings is 2. The van der Waals surface area contributed by atoms with Gasteiger partial charge in [0.05, 0.1) is 34.3 Å². The third-order valence-corrected chi connectivity index (χ3v) is 4.83. The topological polar surface area (TPSA) is 77.1 Å². The van der Waals surface area contributed by atoms with Crippen molar-refractivity contribution in [2.45, 2.75) is 27.2 Å². The number of hydrogen-bond donors (Lipinski definition) is 1. The van der Waals surface area contributed by atoms with Crippen molar-refractivity contribution in [3.8, 4) is 17.2 Å². The predicted molar refractivity (Wildman–Crippen MR) is 117 cm³/mol. The van der Waals surface area contributed by atoms with Gasteiger partial charge in [-0.3, -0.25) is 9.59 Å². The molecule has 0 bridgehead atoms. The van der Waals surface area contributed by atoms with Crippen molar-refractivity contribution < 1.29 is 23.8 Å². The Bertz CT molecular complexity index is 891. The largest absolute Gasteiger partial charge is 0.493 e. The van der Waals surface area contributed by atoms with Gasteiger partial charge in [0, 0.05) is 12.7 Å². The van der Waals surface area contributed by atoms with E-state index in [0.717, 1.165) is 22.4 Å².